The fourth-order valence-electron chi connectivity index (χ4n) is 3.20. The highest BCUT2D eigenvalue weighted by Crippen LogP contribution is 2.28. The van der Waals surface area contributed by atoms with Gasteiger partial charge in [0.25, 0.3) is 0 Å². The zero-order valence-electron chi connectivity index (χ0n) is 12.7. The van der Waals surface area contributed by atoms with Crippen LogP contribution in [0.4, 0.5) is 5.82 Å². The Kier molecular flexibility index (Phi) is 3.40. The molecule has 5 nitrogen and oxygen atoms in total. The van der Waals surface area contributed by atoms with Crippen LogP contribution >= 0.6 is 11.3 Å². The van der Waals surface area contributed by atoms with E-state index in [1.807, 2.05) is 0 Å². The van der Waals surface area contributed by atoms with Crippen LogP contribution in [-0.2, 0) is 6.54 Å². The van der Waals surface area contributed by atoms with Crippen LogP contribution < -0.4 is 10.2 Å². The zero-order chi connectivity index (χ0) is 14.4. The van der Waals surface area contributed by atoms with E-state index in [1.54, 1.807) is 11.3 Å². The number of rotatable bonds is 4. The number of hydrogen-bond acceptors (Lipinski definition) is 5. The van der Waals surface area contributed by atoms with Crippen LogP contribution in [0.25, 0.3) is 4.96 Å². The van der Waals surface area contributed by atoms with Gasteiger partial charge in [0.15, 0.2) is 10.8 Å². The number of imidazole rings is 1. The molecule has 114 valence electrons. The van der Waals surface area contributed by atoms with Crippen molar-refractivity contribution in [2.45, 2.75) is 38.4 Å². The normalized spacial score (nSPS) is 24.1. The Hall–Kier alpha value is -1.11. The Morgan fingerprint density at radius 3 is 3.00 bits per heavy atom. The zero-order valence-corrected chi connectivity index (χ0v) is 13.6. The van der Waals surface area contributed by atoms with Crippen molar-refractivity contribution in [2.24, 2.45) is 0 Å². The lowest BCUT2D eigenvalue weighted by Gasteiger charge is -2.39. The van der Waals surface area contributed by atoms with Gasteiger partial charge in [0.1, 0.15) is 0 Å². The third-order valence-electron chi connectivity index (χ3n) is 4.58. The number of hydrogen-bond donors (Lipinski definition) is 1. The van der Waals surface area contributed by atoms with Gasteiger partial charge in [0.05, 0.1) is 5.69 Å². The molecule has 4 rings (SSSR count). The van der Waals surface area contributed by atoms with E-state index in [4.69, 9.17) is 4.98 Å². The molecule has 0 radical (unpaired) electrons. The van der Waals surface area contributed by atoms with Crippen LogP contribution in [0.15, 0.2) is 11.6 Å². The van der Waals surface area contributed by atoms with Crippen molar-refractivity contribution in [3.05, 3.63) is 17.3 Å². The Labute approximate surface area is 129 Å². The molecule has 1 unspecified atom stereocenters. The molecule has 2 aromatic rings. The molecule has 0 bridgehead atoms. The first kappa shape index (κ1) is 13.5. The van der Waals surface area contributed by atoms with Crippen molar-refractivity contribution >= 4 is 22.1 Å². The summed E-state index contributed by atoms with van der Waals surface area (Å²) in [6.45, 7) is 6.53. The molecule has 2 fully saturated rings. The number of fused-ring (bicyclic) bond motifs is 1. The highest BCUT2D eigenvalue weighted by Gasteiger charge is 2.28. The number of nitrogens with zero attached hydrogens (tertiary/aromatic N) is 4. The van der Waals surface area contributed by atoms with Gasteiger partial charge in [-0.05, 0) is 26.8 Å². The van der Waals surface area contributed by atoms with Crippen molar-refractivity contribution in [3.8, 4) is 0 Å². The quantitative estimate of drug-likeness (QED) is 0.934. The van der Waals surface area contributed by atoms with Gasteiger partial charge < -0.3 is 15.1 Å². The maximum Gasteiger partial charge on any atom is 0.195 e. The topological polar surface area (TPSA) is 35.8 Å². The van der Waals surface area contributed by atoms with E-state index in [0.717, 1.165) is 37.2 Å². The summed E-state index contributed by atoms with van der Waals surface area (Å²) in [7, 11) is 2.20. The van der Waals surface area contributed by atoms with Gasteiger partial charge >= 0.3 is 0 Å². The van der Waals surface area contributed by atoms with E-state index in [0.29, 0.717) is 6.04 Å². The number of anilines is 1. The largest absolute Gasteiger partial charge is 0.350 e. The molecule has 6 heteroatoms. The third-order valence-corrected chi connectivity index (χ3v) is 5.33. The molecule has 2 aromatic heterocycles. The van der Waals surface area contributed by atoms with E-state index < -0.39 is 0 Å². The van der Waals surface area contributed by atoms with E-state index in [1.165, 1.54) is 24.4 Å². The van der Waals surface area contributed by atoms with Gasteiger partial charge in [0.2, 0.25) is 0 Å². The highest BCUT2D eigenvalue weighted by atomic mass is 32.1. The van der Waals surface area contributed by atoms with Gasteiger partial charge in [-0.3, -0.25) is 4.40 Å². The second-order valence-electron chi connectivity index (χ2n) is 6.40. The number of likely N-dealkylation sites (N-methyl/N-ethyl adjacent to an activating group) is 1. The lowest BCUT2D eigenvalue weighted by molar-refractivity contribution is 0.274. The van der Waals surface area contributed by atoms with Crippen LogP contribution in [0.2, 0.25) is 0 Å². The summed E-state index contributed by atoms with van der Waals surface area (Å²) < 4.78 is 2.26. The first-order valence-corrected chi connectivity index (χ1v) is 8.73. The lowest BCUT2D eigenvalue weighted by atomic mass is 10.2. The SMILES string of the molecule is CC1CN(C)CCN1c1nc2sccn2c1CNC1CC1. The minimum Gasteiger partial charge on any atom is -0.350 e. The number of nitrogens with one attached hydrogen (secondary N) is 1. The van der Waals surface area contributed by atoms with Crippen LogP contribution in [0.3, 0.4) is 0 Å². The molecular weight excluding hydrogens is 282 g/mol. The van der Waals surface area contributed by atoms with Crippen LogP contribution in [0.1, 0.15) is 25.5 Å². The predicted octanol–water partition coefficient (Wildman–Crippen LogP) is 1.79. The minimum absolute atomic E-state index is 0.521. The van der Waals surface area contributed by atoms with Crippen LogP contribution in [-0.4, -0.2) is 53.1 Å². The van der Waals surface area contributed by atoms with Gasteiger partial charge in [-0.2, -0.15) is 0 Å². The summed E-state index contributed by atoms with van der Waals surface area (Å²) in [5.41, 5.74) is 1.33. The average molecular weight is 305 g/mol. The lowest BCUT2D eigenvalue weighted by Crippen LogP contribution is -2.51. The number of aromatic nitrogens is 2. The molecule has 0 amide bonds. The Bertz CT molecular complexity index is 629. The Balaban J connectivity index is 1.65. The van der Waals surface area contributed by atoms with Crippen molar-refractivity contribution in [2.75, 3.05) is 31.6 Å². The third kappa shape index (κ3) is 2.56. The van der Waals surface area contributed by atoms with E-state index in [2.05, 4.69) is 45.1 Å². The van der Waals surface area contributed by atoms with Crippen molar-refractivity contribution in [3.63, 3.8) is 0 Å². The van der Waals surface area contributed by atoms with Gasteiger partial charge in [-0.1, -0.05) is 0 Å². The average Bonchev–Trinajstić information content (AvgIpc) is 3.05. The second kappa shape index (κ2) is 5.26. The smallest absolute Gasteiger partial charge is 0.195 e. The monoisotopic (exact) mass is 305 g/mol. The van der Waals surface area contributed by atoms with Crippen molar-refractivity contribution < 1.29 is 0 Å². The highest BCUT2D eigenvalue weighted by molar-refractivity contribution is 7.15. The molecular formula is C15H23N5S. The second-order valence-corrected chi connectivity index (χ2v) is 7.27. The predicted molar refractivity (Wildman–Crippen MR) is 87.2 cm³/mol. The summed E-state index contributed by atoms with van der Waals surface area (Å²) in [5, 5.41) is 5.78. The molecule has 1 atom stereocenters. The molecule has 1 N–H and O–H groups in total. The van der Waals surface area contributed by atoms with Crippen molar-refractivity contribution in [1.29, 1.82) is 0 Å². The Morgan fingerprint density at radius 2 is 2.24 bits per heavy atom. The molecule has 0 aromatic carbocycles. The minimum atomic E-state index is 0.521. The molecule has 1 aliphatic carbocycles. The van der Waals surface area contributed by atoms with Crippen molar-refractivity contribution in [1.82, 2.24) is 19.6 Å². The maximum absolute atomic E-state index is 4.92. The number of piperazine rings is 1. The molecule has 1 saturated carbocycles. The van der Waals surface area contributed by atoms with Gasteiger partial charge in [0, 0.05) is 49.8 Å². The maximum atomic E-state index is 4.92. The fourth-order valence-corrected chi connectivity index (χ4v) is 3.93. The molecule has 3 heterocycles. The molecule has 2 aliphatic rings. The standard InChI is InChI=1S/C15H23N5S/c1-11-10-18(2)5-6-19(11)14-13(9-16-12-3-4-12)20-7-8-21-15(20)17-14/h7-8,11-12,16H,3-6,9-10H2,1-2H3. The molecule has 0 spiro atoms. The van der Waals surface area contributed by atoms with E-state index in [-0.39, 0.29) is 0 Å². The van der Waals surface area contributed by atoms with E-state index in [9.17, 15) is 0 Å². The first-order chi connectivity index (χ1) is 10.2. The summed E-state index contributed by atoms with van der Waals surface area (Å²) in [6.07, 6.45) is 4.80. The Morgan fingerprint density at radius 1 is 1.38 bits per heavy atom. The molecule has 1 aliphatic heterocycles. The fraction of sp³-hybridized carbons (Fsp3) is 0.667. The molecule has 21 heavy (non-hydrogen) atoms. The summed E-state index contributed by atoms with van der Waals surface area (Å²) in [4.78, 5) is 10.9. The van der Waals surface area contributed by atoms with Crippen LogP contribution in [0, 0.1) is 0 Å². The first-order valence-electron chi connectivity index (χ1n) is 7.85. The van der Waals surface area contributed by atoms with Gasteiger partial charge in [-0.25, -0.2) is 4.98 Å². The molecule has 1 saturated heterocycles. The van der Waals surface area contributed by atoms with Gasteiger partial charge in [-0.15, -0.1) is 11.3 Å². The van der Waals surface area contributed by atoms with Crippen LogP contribution in [0.5, 0.6) is 0 Å². The summed E-state index contributed by atoms with van der Waals surface area (Å²) in [5.74, 6) is 1.19. The summed E-state index contributed by atoms with van der Waals surface area (Å²) >= 11 is 1.72. The summed E-state index contributed by atoms with van der Waals surface area (Å²) in [6, 6.07) is 1.25. The number of thiazole rings is 1. The van der Waals surface area contributed by atoms with E-state index >= 15 is 0 Å².